The lowest BCUT2D eigenvalue weighted by Crippen LogP contribution is -2.36. The van der Waals surface area contributed by atoms with Gasteiger partial charge in [0.05, 0.1) is 0 Å². The molecule has 0 aromatic carbocycles. The Morgan fingerprint density at radius 3 is 1.94 bits per heavy atom. The fourth-order valence-corrected chi connectivity index (χ4v) is 3.07. The Hall–Kier alpha value is -0.0400. The van der Waals surface area contributed by atoms with Crippen LogP contribution in [-0.2, 0) is 0 Å². The van der Waals surface area contributed by atoms with Crippen LogP contribution < -0.4 is 0 Å². The summed E-state index contributed by atoms with van der Waals surface area (Å²) >= 11 is 0. The second-order valence-electron chi connectivity index (χ2n) is 6.21. The Bertz CT molecular complexity index is 178. The van der Waals surface area contributed by atoms with E-state index in [9.17, 15) is 0 Å². The van der Waals surface area contributed by atoms with Crippen LogP contribution in [0.15, 0.2) is 0 Å². The van der Waals surface area contributed by atoms with Gasteiger partial charge in [0.1, 0.15) is 0 Å². The summed E-state index contributed by atoms with van der Waals surface area (Å²) in [6.07, 6.45) is 5.87. The molecule has 96 valence electrons. The van der Waals surface area contributed by atoms with Crippen LogP contribution in [0.25, 0.3) is 0 Å². The van der Waals surface area contributed by atoms with Gasteiger partial charge in [0.25, 0.3) is 0 Å². The maximum absolute atomic E-state index is 2.63. The van der Waals surface area contributed by atoms with Crippen molar-refractivity contribution >= 4 is 0 Å². The van der Waals surface area contributed by atoms with Crippen LogP contribution in [0.4, 0.5) is 0 Å². The van der Waals surface area contributed by atoms with Gasteiger partial charge in [-0.15, -0.1) is 0 Å². The molecule has 1 aliphatic rings. The third-order valence-electron chi connectivity index (χ3n) is 4.46. The number of rotatable bonds is 5. The summed E-state index contributed by atoms with van der Waals surface area (Å²) in [5.41, 5.74) is 0. The molecule has 0 radical (unpaired) electrons. The maximum Gasteiger partial charge on any atom is 0.00385 e. The largest absolute Gasteiger partial charge is 0.301 e. The highest BCUT2D eigenvalue weighted by molar-refractivity contribution is 4.77. The molecule has 0 saturated heterocycles. The molecule has 0 unspecified atom stereocenters. The normalized spacial score (nSPS) is 27.0. The summed E-state index contributed by atoms with van der Waals surface area (Å²) in [7, 11) is 0. The first-order valence-corrected chi connectivity index (χ1v) is 7.28. The molecule has 0 atom stereocenters. The number of hydrogen-bond acceptors (Lipinski definition) is 1. The van der Waals surface area contributed by atoms with Crippen LogP contribution in [0.2, 0.25) is 0 Å². The summed E-state index contributed by atoms with van der Waals surface area (Å²) in [4.78, 5) is 2.63. The molecule has 0 spiro atoms. The minimum Gasteiger partial charge on any atom is -0.301 e. The molecule has 1 heteroatoms. The fraction of sp³-hybridized carbons (Fsp3) is 1.00. The molecule has 0 bridgehead atoms. The van der Waals surface area contributed by atoms with Crippen LogP contribution in [0.1, 0.15) is 60.3 Å². The van der Waals surface area contributed by atoms with Crippen molar-refractivity contribution in [2.75, 3.05) is 13.1 Å². The lowest BCUT2D eigenvalue weighted by atomic mass is 9.77. The molecule has 1 saturated carbocycles. The lowest BCUT2D eigenvalue weighted by Gasteiger charge is -2.35. The molecule has 1 fully saturated rings. The van der Waals surface area contributed by atoms with Crippen molar-refractivity contribution in [2.24, 2.45) is 17.8 Å². The summed E-state index contributed by atoms with van der Waals surface area (Å²) in [6, 6.07) is 0.716. The van der Waals surface area contributed by atoms with Gasteiger partial charge in [-0.05, 0) is 63.8 Å². The van der Waals surface area contributed by atoms with E-state index in [0.717, 1.165) is 17.8 Å². The molecule has 1 aliphatic carbocycles. The van der Waals surface area contributed by atoms with Gasteiger partial charge in [-0.2, -0.15) is 0 Å². The van der Waals surface area contributed by atoms with E-state index in [1.807, 2.05) is 0 Å². The monoisotopic (exact) mass is 225 g/mol. The van der Waals surface area contributed by atoms with Gasteiger partial charge >= 0.3 is 0 Å². The Morgan fingerprint density at radius 1 is 1.00 bits per heavy atom. The van der Waals surface area contributed by atoms with Crippen molar-refractivity contribution in [2.45, 2.75) is 66.3 Å². The third kappa shape index (κ3) is 4.08. The van der Waals surface area contributed by atoms with Crippen LogP contribution in [0.3, 0.4) is 0 Å². The first-order valence-electron chi connectivity index (χ1n) is 7.28. The first kappa shape index (κ1) is 14.0. The van der Waals surface area contributed by atoms with Crippen molar-refractivity contribution in [3.63, 3.8) is 0 Å². The molecule has 16 heavy (non-hydrogen) atoms. The van der Waals surface area contributed by atoms with Crippen LogP contribution in [0, 0.1) is 17.8 Å². The van der Waals surface area contributed by atoms with Crippen molar-refractivity contribution in [3.05, 3.63) is 0 Å². The number of nitrogens with zero attached hydrogens (tertiary/aromatic N) is 1. The Morgan fingerprint density at radius 2 is 1.56 bits per heavy atom. The smallest absolute Gasteiger partial charge is 0.00385 e. The summed E-state index contributed by atoms with van der Waals surface area (Å²) in [5, 5.41) is 0. The molecule has 0 N–H and O–H groups in total. The minimum atomic E-state index is 0.716. The van der Waals surface area contributed by atoms with E-state index in [1.54, 1.807) is 0 Å². The van der Waals surface area contributed by atoms with Crippen LogP contribution in [-0.4, -0.2) is 24.0 Å². The molecule has 1 rings (SSSR count). The summed E-state index contributed by atoms with van der Waals surface area (Å²) < 4.78 is 0. The van der Waals surface area contributed by atoms with E-state index in [2.05, 4.69) is 39.5 Å². The first-order chi connectivity index (χ1) is 7.54. The van der Waals surface area contributed by atoms with E-state index in [1.165, 1.54) is 38.8 Å². The van der Waals surface area contributed by atoms with Gasteiger partial charge in [-0.3, -0.25) is 0 Å². The molecule has 0 aromatic rings. The second kappa shape index (κ2) is 6.64. The second-order valence-corrected chi connectivity index (χ2v) is 6.21. The van der Waals surface area contributed by atoms with Crippen LogP contribution >= 0.6 is 0 Å². The molecule has 1 nitrogen and oxygen atoms in total. The molecule has 0 amide bonds. The van der Waals surface area contributed by atoms with Crippen molar-refractivity contribution in [3.8, 4) is 0 Å². The predicted molar refractivity (Wildman–Crippen MR) is 72.7 cm³/mol. The highest BCUT2D eigenvalue weighted by Gasteiger charge is 2.24. The molecule has 0 aliphatic heterocycles. The average Bonchev–Trinajstić information content (AvgIpc) is 2.26. The van der Waals surface area contributed by atoms with Gasteiger partial charge in [0, 0.05) is 12.6 Å². The Balaban J connectivity index is 2.31. The van der Waals surface area contributed by atoms with Gasteiger partial charge in [0.15, 0.2) is 0 Å². The zero-order valence-electron chi connectivity index (χ0n) is 12.0. The standard InChI is InChI=1S/C15H31N/c1-6-16(13(4)5)11-14-7-9-15(10-8-14)12(2)3/h12-15H,6-11H2,1-5H3. The van der Waals surface area contributed by atoms with Gasteiger partial charge < -0.3 is 4.90 Å². The molecular weight excluding hydrogens is 194 g/mol. The van der Waals surface area contributed by atoms with Gasteiger partial charge in [-0.25, -0.2) is 0 Å². The van der Waals surface area contributed by atoms with Gasteiger partial charge in [-0.1, -0.05) is 20.8 Å². The number of hydrogen-bond donors (Lipinski definition) is 0. The quantitative estimate of drug-likeness (QED) is 0.678. The van der Waals surface area contributed by atoms with E-state index in [0.29, 0.717) is 6.04 Å². The topological polar surface area (TPSA) is 3.24 Å². The highest BCUT2D eigenvalue weighted by atomic mass is 15.1. The predicted octanol–water partition coefficient (Wildman–Crippen LogP) is 4.18. The summed E-state index contributed by atoms with van der Waals surface area (Å²) in [6.45, 7) is 14.3. The molecule has 0 aromatic heterocycles. The zero-order valence-corrected chi connectivity index (χ0v) is 12.0. The van der Waals surface area contributed by atoms with Crippen molar-refractivity contribution in [1.82, 2.24) is 4.90 Å². The summed E-state index contributed by atoms with van der Waals surface area (Å²) in [5.74, 6) is 2.87. The van der Waals surface area contributed by atoms with E-state index >= 15 is 0 Å². The van der Waals surface area contributed by atoms with E-state index < -0.39 is 0 Å². The van der Waals surface area contributed by atoms with Crippen molar-refractivity contribution < 1.29 is 0 Å². The fourth-order valence-electron chi connectivity index (χ4n) is 3.07. The minimum absolute atomic E-state index is 0.716. The highest BCUT2D eigenvalue weighted by Crippen LogP contribution is 2.33. The lowest BCUT2D eigenvalue weighted by molar-refractivity contribution is 0.146. The van der Waals surface area contributed by atoms with Crippen LogP contribution in [0.5, 0.6) is 0 Å². The van der Waals surface area contributed by atoms with E-state index in [-0.39, 0.29) is 0 Å². The van der Waals surface area contributed by atoms with Crippen molar-refractivity contribution in [1.29, 1.82) is 0 Å². The van der Waals surface area contributed by atoms with Gasteiger partial charge in [0.2, 0.25) is 0 Å². The Labute approximate surface area is 103 Å². The third-order valence-corrected chi connectivity index (χ3v) is 4.46. The zero-order chi connectivity index (χ0) is 12.1. The SMILES string of the molecule is CCN(CC1CCC(C(C)C)CC1)C(C)C. The molecular formula is C15H31N. The maximum atomic E-state index is 2.63. The molecule has 0 heterocycles. The Kier molecular flexibility index (Phi) is 5.82. The average molecular weight is 225 g/mol. The van der Waals surface area contributed by atoms with E-state index in [4.69, 9.17) is 0 Å².